The molecule has 32 heavy (non-hydrogen) atoms. The molecular weight excluding hydrogens is 392 g/mol. The second kappa shape index (κ2) is 8.25. The van der Waals surface area contributed by atoms with Crippen LogP contribution in [0.25, 0.3) is 0 Å². The van der Waals surface area contributed by atoms with Crippen molar-refractivity contribution in [3.63, 3.8) is 0 Å². The highest BCUT2D eigenvalue weighted by molar-refractivity contribution is 5.09. The van der Waals surface area contributed by atoms with Gasteiger partial charge in [-0.2, -0.15) is 0 Å². The molecule has 0 saturated heterocycles. The van der Waals surface area contributed by atoms with Gasteiger partial charge >= 0.3 is 0 Å². The lowest BCUT2D eigenvalue weighted by atomic mass is 9.44. The highest BCUT2D eigenvalue weighted by atomic mass is 16.3. The average Bonchev–Trinajstić information content (AvgIpc) is 3.08. The predicted molar refractivity (Wildman–Crippen MR) is 132 cm³/mol. The van der Waals surface area contributed by atoms with Gasteiger partial charge in [-0.05, 0) is 142 Å². The molecule has 184 valence electrons. The Morgan fingerprint density at radius 3 is 2.16 bits per heavy atom. The summed E-state index contributed by atoms with van der Waals surface area (Å²) in [7, 11) is 0. The fourth-order valence-electron chi connectivity index (χ4n) is 10.1. The van der Waals surface area contributed by atoms with E-state index in [1.165, 1.54) is 70.6 Å². The summed E-state index contributed by atoms with van der Waals surface area (Å²) in [6.07, 6.45) is 20.0. The van der Waals surface area contributed by atoms with Crippen molar-refractivity contribution in [3.8, 4) is 0 Å². The number of rotatable bonds is 4. The van der Waals surface area contributed by atoms with Crippen molar-refractivity contribution in [1.82, 2.24) is 0 Å². The second-order valence-electron chi connectivity index (χ2n) is 14.7. The van der Waals surface area contributed by atoms with Crippen LogP contribution in [0, 0.1) is 45.8 Å². The SMILES string of the molecule is CC1(C)CCC(O)(CCCC2CCC3C4CCC5CC(O)CCC5(C)C4CCC23C)CC1. The van der Waals surface area contributed by atoms with Gasteiger partial charge < -0.3 is 10.2 Å². The predicted octanol–water partition coefficient (Wildman–Crippen LogP) is 7.51. The lowest BCUT2D eigenvalue weighted by Gasteiger charge is -2.61. The van der Waals surface area contributed by atoms with Gasteiger partial charge in [0.25, 0.3) is 0 Å². The Hall–Kier alpha value is -0.0800. The van der Waals surface area contributed by atoms with E-state index in [-0.39, 0.29) is 11.7 Å². The van der Waals surface area contributed by atoms with Crippen molar-refractivity contribution in [2.75, 3.05) is 0 Å². The zero-order valence-corrected chi connectivity index (χ0v) is 21.7. The van der Waals surface area contributed by atoms with Gasteiger partial charge in [-0.1, -0.05) is 34.1 Å². The maximum atomic E-state index is 11.2. The molecule has 5 aliphatic rings. The highest BCUT2D eigenvalue weighted by Crippen LogP contribution is 2.68. The maximum Gasteiger partial charge on any atom is 0.0648 e. The molecule has 0 aromatic heterocycles. The number of hydrogen-bond donors (Lipinski definition) is 2. The van der Waals surface area contributed by atoms with Gasteiger partial charge in [0.1, 0.15) is 0 Å². The van der Waals surface area contributed by atoms with Crippen LogP contribution < -0.4 is 0 Å². The lowest BCUT2D eigenvalue weighted by molar-refractivity contribution is -0.127. The van der Waals surface area contributed by atoms with Gasteiger partial charge in [0, 0.05) is 0 Å². The van der Waals surface area contributed by atoms with Crippen LogP contribution in [-0.4, -0.2) is 21.9 Å². The van der Waals surface area contributed by atoms with Crippen molar-refractivity contribution in [2.24, 2.45) is 45.8 Å². The van der Waals surface area contributed by atoms with Gasteiger partial charge in [0.2, 0.25) is 0 Å². The summed E-state index contributed by atoms with van der Waals surface area (Å²) in [6.45, 7) is 10.0. The Balaban J connectivity index is 1.20. The van der Waals surface area contributed by atoms with Crippen LogP contribution in [0.3, 0.4) is 0 Å². The number of hydrogen-bond acceptors (Lipinski definition) is 2. The van der Waals surface area contributed by atoms with Gasteiger partial charge in [-0.25, -0.2) is 0 Å². The van der Waals surface area contributed by atoms with E-state index in [1.807, 2.05) is 0 Å². The van der Waals surface area contributed by atoms with Crippen LogP contribution in [0.4, 0.5) is 0 Å². The molecule has 8 atom stereocenters. The Bertz CT molecular complexity index is 674. The van der Waals surface area contributed by atoms with Crippen molar-refractivity contribution >= 4 is 0 Å². The fraction of sp³-hybridized carbons (Fsp3) is 1.00. The van der Waals surface area contributed by atoms with Gasteiger partial charge in [0.05, 0.1) is 11.7 Å². The number of aliphatic hydroxyl groups excluding tert-OH is 1. The van der Waals surface area contributed by atoms with E-state index in [1.54, 1.807) is 0 Å². The minimum Gasteiger partial charge on any atom is -0.393 e. The first kappa shape index (κ1) is 23.7. The fourth-order valence-corrected chi connectivity index (χ4v) is 10.1. The summed E-state index contributed by atoms with van der Waals surface area (Å²) in [4.78, 5) is 0. The first-order valence-electron chi connectivity index (χ1n) is 14.5. The molecule has 0 aliphatic heterocycles. The summed E-state index contributed by atoms with van der Waals surface area (Å²) in [6, 6.07) is 0. The standard InChI is InChI=1S/C30H52O2/c1-27(2)16-18-30(32,19-17-27)13-5-6-21-8-10-25-24-9-7-22-20-23(31)11-14-29(22,4)26(24)12-15-28(21,25)3/h21-26,31-32H,5-20H2,1-4H3. The lowest BCUT2D eigenvalue weighted by Crippen LogP contribution is -2.53. The molecule has 0 aromatic carbocycles. The molecule has 5 fully saturated rings. The van der Waals surface area contributed by atoms with Crippen molar-refractivity contribution in [2.45, 2.75) is 142 Å². The number of aliphatic hydroxyl groups is 2. The van der Waals surface area contributed by atoms with E-state index < -0.39 is 0 Å². The monoisotopic (exact) mass is 444 g/mol. The molecule has 2 nitrogen and oxygen atoms in total. The van der Waals surface area contributed by atoms with Gasteiger partial charge in [-0.3, -0.25) is 0 Å². The topological polar surface area (TPSA) is 40.5 Å². The third-order valence-corrected chi connectivity index (χ3v) is 12.6. The number of fused-ring (bicyclic) bond motifs is 5. The molecule has 0 bridgehead atoms. The van der Waals surface area contributed by atoms with Crippen molar-refractivity contribution in [3.05, 3.63) is 0 Å². The molecular formula is C30H52O2. The molecule has 0 heterocycles. The van der Waals surface area contributed by atoms with E-state index in [4.69, 9.17) is 0 Å². The average molecular weight is 445 g/mol. The van der Waals surface area contributed by atoms with E-state index in [0.29, 0.717) is 16.2 Å². The smallest absolute Gasteiger partial charge is 0.0648 e. The largest absolute Gasteiger partial charge is 0.393 e. The first-order chi connectivity index (χ1) is 15.0. The molecule has 5 rings (SSSR count). The molecule has 2 N–H and O–H groups in total. The van der Waals surface area contributed by atoms with Crippen LogP contribution >= 0.6 is 0 Å². The van der Waals surface area contributed by atoms with E-state index in [9.17, 15) is 10.2 Å². The molecule has 8 unspecified atom stereocenters. The van der Waals surface area contributed by atoms with E-state index in [2.05, 4.69) is 27.7 Å². The molecule has 5 saturated carbocycles. The zero-order valence-electron chi connectivity index (χ0n) is 21.7. The minimum atomic E-state index is -0.370. The molecule has 0 spiro atoms. The van der Waals surface area contributed by atoms with Crippen LogP contribution in [0.5, 0.6) is 0 Å². The van der Waals surface area contributed by atoms with Crippen LogP contribution in [0.1, 0.15) is 130 Å². The summed E-state index contributed by atoms with van der Waals surface area (Å²) in [5, 5.41) is 21.5. The Morgan fingerprint density at radius 1 is 0.719 bits per heavy atom. The van der Waals surface area contributed by atoms with Crippen molar-refractivity contribution in [1.29, 1.82) is 0 Å². The van der Waals surface area contributed by atoms with Gasteiger partial charge in [-0.15, -0.1) is 0 Å². The Morgan fingerprint density at radius 2 is 1.41 bits per heavy atom. The van der Waals surface area contributed by atoms with E-state index >= 15 is 0 Å². The van der Waals surface area contributed by atoms with E-state index in [0.717, 1.165) is 61.7 Å². The Labute approximate surface area is 198 Å². The summed E-state index contributed by atoms with van der Waals surface area (Å²) < 4.78 is 0. The van der Waals surface area contributed by atoms with Gasteiger partial charge in [0.15, 0.2) is 0 Å². The maximum absolute atomic E-state index is 11.2. The first-order valence-corrected chi connectivity index (χ1v) is 14.5. The van der Waals surface area contributed by atoms with Crippen LogP contribution in [0.15, 0.2) is 0 Å². The summed E-state index contributed by atoms with van der Waals surface area (Å²) >= 11 is 0. The molecule has 0 aromatic rings. The highest BCUT2D eigenvalue weighted by Gasteiger charge is 2.59. The zero-order chi connectivity index (χ0) is 22.8. The molecule has 2 heteroatoms. The normalized spacial score (nSPS) is 49.7. The summed E-state index contributed by atoms with van der Waals surface area (Å²) in [5.74, 6) is 4.46. The third kappa shape index (κ3) is 4.02. The Kier molecular flexibility index (Phi) is 6.10. The van der Waals surface area contributed by atoms with Crippen LogP contribution in [0.2, 0.25) is 0 Å². The molecule has 5 aliphatic carbocycles. The van der Waals surface area contributed by atoms with Crippen molar-refractivity contribution < 1.29 is 10.2 Å². The second-order valence-corrected chi connectivity index (χ2v) is 14.7. The summed E-state index contributed by atoms with van der Waals surface area (Å²) in [5.41, 5.74) is 1.11. The minimum absolute atomic E-state index is 0.0283. The molecule has 0 amide bonds. The molecule has 0 radical (unpaired) electrons. The quantitative estimate of drug-likeness (QED) is 0.471. The van der Waals surface area contributed by atoms with Crippen LogP contribution in [-0.2, 0) is 0 Å². The third-order valence-electron chi connectivity index (χ3n) is 12.6.